The van der Waals surface area contributed by atoms with Crippen molar-refractivity contribution in [2.24, 2.45) is 0 Å². The summed E-state index contributed by atoms with van der Waals surface area (Å²) < 4.78 is 0. The smallest absolute Gasteiger partial charge is 0.224 e. The normalized spacial score (nSPS) is 13.8. The second kappa shape index (κ2) is 5.17. The summed E-state index contributed by atoms with van der Waals surface area (Å²) in [5.74, 6) is 0.0716. The number of carbonyl (C=O) groups excluding carboxylic acids is 1. The maximum Gasteiger partial charge on any atom is 0.224 e. The number of nitrogen functional groups attached to an aromatic ring is 1. The lowest BCUT2D eigenvalue weighted by Crippen LogP contribution is -2.19. The summed E-state index contributed by atoms with van der Waals surface area (Å²) in [5, 5.41) is 8.34. The number of anilines is 3. The molecule has 0 saturated carbocycles. The molecule has 0 saturated heterocycles. The van der Waals surface area contributed by atoms with Crippen molar-refractivity contribution in [3.63, 3.8) is 0 Å². The van der Waals surface area contributed by atoms with Crippen LogP contribution in [-0.2, 0) is 17.8 Å². The van der Waals surface area contributed by atoms with Crippen LogP contribution in [0.5, 0.6) is 0 Å². The van der Waals surface area contributed by atoms with E-state index in [4.69, 9.17) is 5.73 Å². The Kier molecular flexibility index (Phi) is 3.36. The lowest BCUT2D eigenvalue weighted by atomic mass is 10.0. The zero-order valence-electron chi connectivity index (χ0n) is 11.3. The van der Waals surface area contributed by atoms with Gasteiger partial charge >= 0.3 is 0 Å². The van der Waals surface area contributed by atoms with E-state index >= 15 is 0 Å². The molecule has 0 atom stereocenters. The Hall–Kier alpha value is -2.01. The molecule has 5 heteroatoms. The predicted molar refractivity (Wildman–Crippen MR) is 84.2 cm³/mol. The van der Waals surface area contributed by atoms with Gasteiger partial charge in [0.05, 0.1) is 11.4 Å². The molecule has 20 heavy (non-hydrogen) atoms. The lowest BCUT2D eigenvalue weighted by molar-refractivity contribution is -0.116. The standard InChI is InChI=1S/C15H17N3OS/c1-9-4-5-20-14(9)8-17-13-7-12-10(6-11(13)16)2-3-15(19)18-12/h4-7,17H,2-3,8,16H2,1H3,(H,18,19). The second-order valence-corrected chi connectivity index (χ2v) is 6.03. The molecule has 2 heterocycles. The number of amides is 1. The Balaban J connectivity index is 1.81. The highest BCUT2D eigenvalue weighted by Gasteiger charge is 2.16. The largest absolute Gasteiger partial charge is 0.397 e. The molecular formula is C15H17N3OS. The molecule has 0 radical (unpaired) electrons. The van der Waals surface area contributed by atoms with Gasteiger partial charge in [-0.15, -0.1) is 11.3 Å². The average Bonchev–Trinajstić information content (AvgIpc) is 2.82. The van der Waals surface area contributed by atoms with Gasteiger partial charge in [-0.3, -0.25) is 4.79 Å². The fourth-order valence-corrected chi connectivity index (χ4v) is 3.21. The predicted octanol–water partition coefficient (Wildman–Crippen LogP) is 3.14. The molecule has 0 unspecified atom stereocenters. The Morgan fingerprint density at radius 1 is 1.40 bits per heavy atom. The average molecular weight is 287 g/mol. The third kappa shape index (κ3) is 2.49. The number of benzene rings is 1. The summed E-state index contributed by atoms with van der Waals surface area (Å²) in [4.78, 5) is 12.7. The molecule has 1 aliphatic heterocycles. The van der Waals surface area contributed by atoms with Crippen LogP contribution in [0.2, 0.25) is 0 Å². The summed E-state index contributed by atoms with van der Waals surface area (Å²) in [6.45, 7) is 2.85. The number of fused-ring (bicyclic) bond motifs is 1. The van der Waals surface area contributed by atoms with Crippen molar-refractivity contribution in [1.82, 2.24) is 0 Å². The molecule has 0 aliphatic carbocycles. The Morgan fingerprint density at radius 2 is 2.25 bits per heavy atom. The molecule has 104 valence electrons. The number of carbonyl (C=O) groups is 1. The summed E-state index contributed by atoms with van der Waals surface area (Å²) in [6.07, 6.45) is 1.29. The van der Waals surface area contributed by atoms with Crippen LogP contribution < -0.4 is 16.4 Å². The first-order valence-corrected chi connectivity index (χ1v) is 7.50. The zero-order valence-corrected chi connectivity index (χ0v) is 12.1. The SMILES string of the molecule is Cc1ccsc1CNc1cc2c(cc1N)CCC(=O)N2. The van der Waals surface area contributed by atoms with Gasteiger partial charge in [-0.2, -0.15) is 0 Å². The van der Waals surface area contributed by atoms with Crippen LogP contribution in [-0.4, -0.2) is 5.91 Å². The van der Waals surface area contributed by atoms with Crippen molar-refractivity contribution in [2.45, 2.75) is 26.3 Å². The van der Waals surface area contributed by atoms with Gasteiger partial charge in [0.1, 0.15) is 0 Å². The van der Waals surface area contributed by atoms with E-state index in [1.807, 2.05) is 12.1 Å². The molecule has 4 N–H and O–H groups in total. The Bertz CT molecular complexity index is 663. The van der Waals surface area contributed by atoms with Crippen LogP contribution in [0.3, 0.4) is 0 Å². The van der Waals surface area contributed by atoms with Gasteiger partial charge in [-0.05, 0) is 48.1 Å². The van der Waals surface area contributed by atoms with E-state index in [1.54, 1.807) is 11.3 Å². The van der Waals surface area contributed by atoms with E-state index in [-0.39, 0.29) is 5.91 Å². The van der Waals surface area contributed by atoms with Crippen molar-refractivity contribution in [3.8, 4) is 0 Å². The first-order valence-electron chi connectivity index (χ1n) is 6.62. The van der Waals surface area contributed by atoms with E-state index < -0.39 is 0 Å². The number of aryl methyl sites for hydroxylation is 2. The molecule has 1 aromatic heterocycles. The summed E-state index contributed by atoms with van der Waals surface area (Å²) in [5.41, 5.74) is 11.0. The van der Waals surface area contributed by atoms with Gasteiger partial charge in [-0.25, -0.2) is 0 Å². The Morgan fingerprint density at radius 3 is 3.00 bits per heavy atom. The fourth-order valence-electron chi connectivity index (χ4n) is 2.36. The first-order chi connectivity index (χ1) is 9.63. The van der Waals surface area contributed by atoms with Gasteiger partial charge in [0.2, 0.25) is 5.91 Å². The monoisotopic (exact) mass is 287 g/mol. The molecule has 3 rings (SSSR count). The second-order valence-electron chi connectivity index (χ2n) is 5.03. The van der Waals surface area contributed by atoms with Crippen molar-refractivity contribution < 1.29 is 4.79 Å². The molecule has 0 bridgehead atoms. The minimum Gasteiger partial charge on any atom is -0.397 e. The van der Waals surface area contributed by atoms with Crippen molar-refractivity contribution in [2.75, 3.05) is 16.4 Å². The minimum atomic E-state index is 0.0716. The molecule has 0 fully saturated rings. The number of hydrogen-bond donors (Lipinski definition) is 3. The van der Waals surface area contributed by atoms with Gasteiger partial charge in [0.15, 0.2) is 0 Å². The zero-order chi connectivity index (χ0) is 14.1. The van der Waals surface area contributed by atoms with Crippen molar-refractivity contribution in [3.05, 3.63) is 39.6 Å². The van der Waals surface area contributed by atoms with Gasteiger partial charge < -0.3 is 16.4 Å². The number of thiophene rings is 1. The highest BCUT2D eigenvalue weighted by atomic mass is 32.1. The topological polar surface area (TPSA) is 67.1 Å². The van der Waals surface area contributed by atoms with Crippen LogP contribution in [0.4, 0.5) is 17.1 Å². The van der Waals surface area contributed by atoms with E-state index in [9.17, 15) is 4.79 Å². The molecule has 1 amide bonds. The van der Waals surface area contributed by atoms with Crippen molar-refractivity contribution in [1.29, 1.82) is 0 Å². The van der Waals surface area contributed by atoms with Crippen LogP contribution in [0, 0.1) is 6.92 Å². The first kappa shape index (κ1) is 13.0. The Labute approximate surface area is 122 Å². The quantitative estimate of drug-likeness (QED) is 0.760. The van der Waals surface area contributed by atoms with E-state index in [2.05, 4.69) is 29.0 Å². The number of nitrogens with two attached hydrogens (primary N) is 1. The minimum absolute atomic E-state index is 0.0716. The van der Waals surface area contributed by atoms with Gasteiger partial charge in [0, 0.05) is 23.5 Å². The van der Waals surface area contributed by atoms with Gasteiger partial charge in [-0.1, -0.05) is 0 Å². The van der Waals surface area contributed by atoms with E-state index in [0.29, 0.717) is 6.42 Å². The number of rotatable bonds is 3. The molecular weight excluding hydrogens is 270 g/mol. The van der Waals surface area contributed by atoms with Gasteiger partial charge in [0.25, 0.3) is 0 Å². The summed E-state index contributed by atoms with van der Waals surface area (Å²) in [7, 11) is 0. The van der Waals surface area contributed by atoms with E-state index in [1.165, 1.54) is 10.4 Å². The maximum atomic E-state index is 11.5. The molecule has 1 aliphatic rings. The maximum absolute atomic E-state index is 11.5. The van der Waals surface area contributed by atoms with Crippen LogP contribution >= 0.6 is 11.3 Å². The molecule has 0 spiro atoms. The summed E-state index contributed by atoms with van der Waals surface area (Å²) in [6, 6.07) is 6.00. The highest BCUT2D eigenvalue weighted by Crippen LogP contribution is 2.31. The molecule has 4 nitrogen and oxygen atoms in total. The third-order valence-electron chi connectivity index (χ3n) is 3.58. The van der Waals surface area contributed by atoms with E-state index in [0.717, 1.165) is 35.6 Å². The lowest BCUT2D eigenvalue weighted by Gasteiger charge is -2.19. The fraction of sp³-hybridized carbons (Fsp3) is 0.267. The van der Waals surface area contributed by atoms with Crippen LogP contribution in [0.1, 0.15) is 22.4 Å². The van der Waals surface area contributed by atoms with Crippen LogP contribution in [0.25, 0.3) is 0 Å². The summed E-state index contributed by atoms with van der Waals surface area (Å²) >= 11 is 1.73. The molecule has 2 aromatic rings. The number of nitrogens with one attached hydrogen (secondary N) is 2. The number of hydrogen-bond acceptors (Lipinski definition) is 4. The molecule has 1 aromatic carbocycles. The van der Waals surface area contributed by atoms with Crippen molar-refractivity contribution >= 4 is 34.3 Å². The van der Waals surface area contributed by atoms with Crippen LogP contribution in [0.15, 0.2) is 23.6 Å². The highest BCUT2D eigenvalue weighted by molar-refractivity contribution is 7.10. The third-order valence-corrected chi connectivity index (χ3v) is 4.60.